The molecule has 3 unspecified atom stereocenters. The Bertz CT molecular complexity index is 312. The molecule has 1 N–H and O–H groups in total. The Kier molecular flexibility index (Phi) is 5.01. The number of rotatable bonds is 6. The van der Waals surface area contributed by atoms with Crippen molar-refractivity contribution in [1.29, 1.82) is 0 Å². The number of nitrogens with one attached hydrogen (secondary N) is 1. The molecule has 2 nitrogen and oxygen atoms in total. The van der Waals surface area contributed by atoms with E-state index in [0.29, 0.717) is 18.1 Å². The van der Waals surface area contributed by atoms with Gasteiger partial charge < -0.3 is 10.1 Å². The minimum Gasteiger partial charge on any atom is -0.378 e. The standard InChI is InChI=1S/C14H23NOS/c1-3-14-12(6-8-16-14)13(15-2)5-4-11-7-9-17-10-11/h7,9-10,12-15H,3-6,8H2,1-2H3. The Hall–Kier alpha value is -0.380. The smallest absolute Gasteiger partial charge is 0.0616 e. The van der Waals surface area contributed by atoms with Crippen LogP contribution in [0, 0.1) is 5.92 Å². The second-order valence-corrected chi connectivity index (χ2v) is 5.62. The summed E-state index contributed by atoms with van der Waals surface area (Å²) in [6, 6.07) is 2.84. The van der Waals surface area contributed by atoms with Crippen molar-refractivity contribution in [3.63, 3.8) is 0 Å². The molecule has 0 amide bonds. The summed E-state index contributed by atoms with van der Waals surface area (Å²) < 4.78 is 5.80. The quantitative estimate of drug-likeness (QED) is 0.841. The van der Waals surface area contributed by atoms with Gasteiger partial charge in [-0.2, -0.15) is 11.3 Å². The molecule has 1 aromatic rings. The van der Waals surface area contributed by atoms with E-state index >= 15 is 0 Å². The Balaban J connectivity index is 1.87. The highest BCUT2D eigenvalue weighted by molar-refractivity contribution is 7.07. The van der Waals surface area contributed by atoms with Crippen molar-refractivity contribution >= 4 is 11.3 Å². The van der Waals surface area contributed by atoms with Crippen LogP contribution < -0.4 is 5.32 Å². The molecule has 96 valence electrons. The van der Waals surface area contributed by atoms with Gasteiger partial charge in [0, 0.05) is 18.6 Å². The summed E-state index contributed by atoms with van der Waals surface area (Å²) >= 11 is 1.79. The maximum Gasteiger partial charge on any atom is 0.0616 e. The van der Waals surface area contributed by atoms with Crippen molar-refractivity contribution in [2.75, 3.05) is 13.7 Å². The minimum atomic E-state index is 0.468. The molecule has 0 radical (unpaired) electrons. The molecule has 17 heavy (non-hydrogen) atoms. The number of thiophene rings is 1. The van der Waals surface area contributed by atoms with Crippen LogP contribution in [0.1, 0.15) is 31.7 Å². The van der Waals surface area contributed by atoms with E-state index in [2.05, 4.69) is 36.1 Å². The second kappa shape index (κ2) is 6.53. The van der Waals surface area contributed by atoms with Crippen LogP contribution in [0.5, 0.6) is 0 Å². The first kappa shape index (κ1) is 13.1. The lowest BCUT2D eigenvalue weighted by atomic mass is 9.88. The van der Waals surface area contributed by atoms with Gasteiger partial charge in [-0.05, 0) is 55.1 Å². The van der Waals surface area contributed by atoms with Crippen molar-refractivity contribution in [2.45, 2.75) is 44.8 Å². The molecule has 0 aromatic carbocycles. The maximum absolute atomic E-state index is 5.80. The topological polar surface area (TPSA) is 21.3 Å². The van der Waals surface area contributed by atoms with Gasteiger partial charge in [0.2, 0.25) is 0 Å². The van der Waals surface area contributed by atoms with Gasteiger partial charge in [-0.1, -0.05) is 6.92 Å². The molecule has 0 aliphatic carbocycles. The monoisotopic (exact) mass is 253 g/mol. The fraction of sp³-hybridized carbons (Fsp3) is 0.714. The predicted octanol–water partition coefficient (Wildman–Crippen LogP) is 3.08. The van der Waals surface area contributed by atoms with Gasteiger partial charge in [0.05, 0.1) is 6.10 Å². The van der Waals surface area contributed by atoms with Crippen molar-refractivity contribution in [3.05, 3.63) is 22.4 Å². The zero-order valence-electron chi connectivity index (χ0n) is 10.8. The predicted molar refractivity (Wildman–Crippen MR) is 73.6 cm³/mol. The average Bonchev–Trinajstić information content (AvgIpc) is 3.00. The Labute approximate surface area is 108 Å². The Morgan fingerprint density at radius 3 is 3.12 bits per heavy atom. The van der Waals surface area contributed by atoms with Crippen molar-refractivity contribution in [3.8, 4) is 0 Å². The number of aryl methyl sites for hydroxylation is 1. The number of hydrogen-bond acceptors (Lipinski definition) is 3. The normalized spacial score (nSPS) is 26.2. The molecule has 1 saturated heterocycles. The van der Waals surface area contributed by atoms with E-state index in [4.69, 9.17) is 4.74 Å². The van der Waals surface area contributed by atoms with Crippen LogP contribution in [-0.2, 0) is 11.2 Å². The van der Waals surface area contributed by atoms with E-state index in [1.807, 2.05) is 0 Å². The van der Waals surface area contributed by atoms with E-state index in [-0.39, 0.29) is 0 Å². The van der Waals surface area contributed by atoms with Crippen LogP contribution in [0.25, 0.3) is 0 Å². The Morgan fingerprint density at radius 2 is 2.47 bits per heavy atom. The summed E-state index contributed by atoms with van der Waals surface area (Å²) in [4.78, 5) is 0. The summed E-state index contributed by atoms with van der Waals surface area (Å²) in [7, 11) is 2.09. The van der Waals surface area contributed by atoms with Crippen LogP contribution in [0.3, 0.4) is 0 Å². The first-order chi connectivity index (χ1) is 8.35. The third kappa shape index (κ3) is 3.30. The van der Waals surface area contributed by atoms with Gasteiger partial charge in [-0.25, -0.2) is 0 Å². The molecule has 3 heteroatoms. The first-order valence-electron chi connectivity index (χ1n) is 6.65. The lowest BCUT2D eigenvalue weighted by molar-refractivity contribution is 0.0774. The molecular formula is C14H23NOS. The summed E-state index contributed by atoms with van der Waals surface area (Å²) in [5.74, 6) is 0.698. The second-order valence-electron chi connectivity index (χ2n) is 4.84. The third-order valence-corrected chi connectivity index (χ3v) is 4.61. The SMILES string of the molecule is CCC1OCCC1C(CCc1ccsc1)NC. The minimum absolute atomic E-state index is 0.468. The molecule has 2 rings (SSSR count). The van der Waals surface area contributed by atoms with Crippen molar-refractivity contribution in [1.82, 2.24) is 5.32 Å². The molecule has 3 atom stereocenters. The molecule has 1 fully saturated rings. The fourth-order valence-electron chi connectivity index (χ4n) is 2.88. The molecule has 1 aliphatic heterocycles. The van der Waals surface area contributed by atoms with Crippen LogP contribution in [0.15, 0.2) is 16.8 Å². The molecule has 0 bridgehead atoms. The van der Waals surface area contributed by atoms with Crippen LogP contribution in [0.4, 0.5) is 0 Å². The third-order valence-electron chi connectivity index (χ3n) is 3.87. The van der Waals surface area contributed by atoms with Crippen molar-refractivity contribution < 1.29 is 4.74 Å². The van der Waals surface area contributed by atoms with Crippen molar-refractivity contribution in [2.24, 2.45) is 5.92 Å². The number of ether oxygens (including phenoxy) is 1. The summed E-state index contributed by atoms with van der Waals surface area (Å²) in [5.41, 5.74) is 1.47. The zero-order chi connectivity index (χ0) is 12.1. The van der Waals surface area contributed by atoms with Gasteiger partial charge in [-0.3, -0.25) is 0 Å². The highest BCUT2D eigenvalue weighted by Gasteiger charge is 2.32. The molecule has 0 saturated carbocycles. The average molecular weight is 253 g/mol. The van der Waals surface area contributed by atoms with E-state index in [0.717, 1.165) is 13.0 Å². The fourth-order valence-corrected chi connectivity index (χ4v) is 3.58. The van der Waals surface area contributed by atoms with E-state index in [9.17, 15) is 0 Å². The van der Waals surface area contributed by atoms with E-state index in [1.165, 1.54) is 24.8 Å². The maximum atomic E-state index is 5.80. The van der Waals surface area contributed by atoms with Crippen LogP contribution >= 0.6 is 11.3 Å². The van der Waals surface area contributed by atoms with E-state index in [1.54, 1.807) is 11.3 Å². The lowest BCUT2D eigenvalue weighted by Crippen LogP contribution is -2.38. The molecule has 1 aromatic heterocycles. The Morgan fingerprint density at radius 1 is 1.59 bits per heavy atom. The first-order valence-corrected chi connectivity index (χ1v) is 7.59. The lowest BCUT2D eigenvalue weighted by Gasteiger charge is -2.26. The van der Waals surface area contributed by atoms with Gasteiger partial charge >= 0.3 is 0 Å². The summed E-state index contributed by atoms with van der Waals surface area (Å²) in [5, 5.41) is 7.92. The van der Waals surface area contributed by atoms with Gasteiger partial charge in [-0.15, -0.1) is 0 Å². The molecule has 2 heterocycles. The van der Waals surface area contributed by atoms with Gasteiger partial charge in [0.25, 0.3) is 0 Å². The molecule has 0 spiro atoms. The molecule has 1 aliphatic rings. The van der Waals surface area contributed by atoms with Crippen LogP contribution in [-0.4, -0.2) is 25.8 Å². The number of hydrogen-bond donors (Lipinski definition) is 1. The van der Waals surface area contributed by atoms with Gasteiger partial charge in [0.15, 0.2) is 0 Å². The van der Waals surface area contributed by atoms with E-state index < -0.39 is 0 Å². The highest BCUT2D eigenvalue weighted by atomic mass is 32.1. The highest BCUT2D eigenvalue weighted by Crippen LogP contribution is 2.28. The zero-order valence-corrected chi connectivity index (χ0v) is 11.6. The summed E-state index contributed by atoms with van der Waals surface area (Å²) in [6.07, 6.45) is 5.23. The van der Waals surface area contributed by atoms with Gasteiger partial charge in [0.1, 0.15) is 0 Å². The molecular weight excluding hydrogens is 230 g/mol. The van der Waals surface area contributed by atoms with Crippen LogP contribution in [0.2, 0.25) is 0 Å². The largest absolute Gasteiger partial charge is 0.378 e. The summed E-state index contributed by atoms with van der Waals surface area (Å²) in [6.45, 7) is 3.17.